The van der Waals surface area contributed by atoms with Gasteiger partial charge < -0.3 is 20.1 Å². The second-order valence-electron chi connectivity index (χ2n) is 7.31. The van der Waals surface area contributed by atoms with Crippen molar-refractivity contribution in [1.29, 1.82) is 0 Å². The molecule has 1 heterocycles. The summed E-state index contributed by atoms with van der Waals surface area (Å²) in [5.74, 6) is 2.35. The van der Waals surface area contributed by atoms with E-state index >= 15 is 0 Å². The molecule has 8 heteroatoms. The monoisotopic (exact) mass is 529 g/mol. The molecule has 1 atom stereocenters. The summed E-state index contributed by atoms with van der Waals surface area (Å²) >= 11 is 0. The lowest BCUT2D eigenvalue weighted by atomic mass is 10.1. The first-order valence-electron chi connectivity index (χ1n) is 10.1. The van der Waals surface area contributed by atoms with Gasteiger partial charge in [-0.1, -0.05) is 6.07 Å². The first-order chi connectivity index (χ1) is 13.9. The van der Waals surface area contributed by atoms with Crippen molar-refractivity contribution in [1.82, 2.24) is 20.4 Å². The van der Waals surface area contributed by atoms with Gasteiger partial charge in [0.25, 0.3) is 0 Å². The molecule has 1 unspecified atom stereocenters. The summed E-state index contributed by atoms with van der Waals surface area (Å²) in [6.45, 7) is 7.19. The number of hydrogen-bond acceptors (Lipinski definition) is 4. The van der Waals surface area contributed by atoms with Crippen molar-refractivity contribution in [2.24, 2.45) is 12.0 Å². The van der Waals surface area contributed by atoms with E-state index in [-0.39, 0.29) is 30.0 Å². The van der Waals surface area contributed by atoms with Crippen LogP contribution in [-0.2, 0) is 19.9 Å². The Kier molecular flexibility index (Phi) is 11.0. The van der Waals surface area contributed by atoms with Crippen LogP contribution in [0.15, 0.2) is 23.2 Å². The lowest BCUT2D eigenvalue weighted by molar-refractivity contribution is 0.354. The number of methoxy groups -OCH3 is 2. The van der Waals surface area contributed by atoms with Gasteiger partial charge >= 0.3 is 0 Å². The van der Waals surface area contributed by atoms with Gasteiger partial charge in [-0.25, -0.2) is 0 Å². The van der Waals surface area contributed by atoms with Crippen LogP contribution in [0.5, 0.6) is 11.5 Å². The number of hydrogen-bond donors (Lipinski definition) is 2. The number of ether oxygens (including phenoxy) is 2. The molecule has 0 radical (unpaired) electrons. The van der Waals surface area contributed by atoms with Crippen molar-refractivity contribution >= 4 is 29.9 Å². The third-order valence-corrected chi connectivity index (χ3v) is 5.16. The van der Waals surface area contributed by atoms with Gasteiger partial charge in [-0.15, -0.1) is 24.0 Å². The lowest BCUT2D eigenvalue weighted by Crippen LogP contribution is -2.43. The van der Waals surface area contributed by atoms with E-state index in [0.29, 0.717) is 0 Å². The van der Waals surface area contributed by atoms with E-state index in [4.69, 9.17) is 9.47 Å². The molecule has 0 bridgehead atoms. The average Bonchev–Trinajstić information content (AvgIpc) is 2.95. The molecule has 2 aromatic rings. The van der Waals surface area contributed by atoms with Gasteiger partial charge in [0.2, 0.25) is 0 Å². The fourth-order valence-electron chi connectivity index (χ4n) is 3.43. The topological polar surface area (TPSA) is 72.7 Å². The largest absolute Gasteiger partial charge is 0.493 e. The van der Waals surface area contributed by atoms with Gasteiger partial charge in [0, 0.05) is 32.4 Å². The van der Waals surface area contributed by atoms with Gasteiger partial charge in [-0.3, -0.25) is 9.67 Å². The van der Waals surface area contributed by atoms with Crippen LogP contribution >= 0.6 is 24.0 Å². The van der Waals surface area contributed by atoms with E-state index < -0.39 is 0 Å². The molecule has 0 amide bonds. The lowest BCUT2D eigenvalue weighted by Gasteiger charge is -2.18. The fourth-order valence-corrected chi connectivity index (χ4v) is 3.43. The molecule has 0 saturated heterocycles. The normalized spacial score (nSPS) is 12.2. The van der Waals surface area contributed by atoms with E-state index in [1.54, 1.807) is 21.3 Å². The summed E-state index contributed by atoms with van der Waals surface area (Å²) in [7, 11) is 7.10. The number of halogens is 1. The second-order valence-corrected chi connectivity index (χ2v) is 7.31. The van der Waals surface area contributed by atoms with E-state index in [1.165, 1.54) is 16.8 Å². The summed E-state index contributed by atoms with van der Waals surface area (Å²) in [6, 6.07) is 6.32. The summed E-state index contributed by atoms with van der Waals surface area (Å²) < 4.78 is 12.6. The third-order valence-electron chi connectivity index (χ3n) is 5.16. The fraction of sp³-hybridized carbons (Fsp3) is 0.545. The zero-order chi connectivity index (χ0) is 21.4. The quantitative estimate of drug-likeness (QED) is 0.226. The van der Waals surface area contributed by atoms with Crippen molar-refractivity contribution in [2.45, 2.75) is 46.1 Å². The van der Waals surface area contributed by atoms with Crippen molar-refractivity contribution < 1.29 is 9.47 Å². The Hall–Kier alpha value is -1.97. The maximum Gasteiger partial charge on any atom is 0.191 e. The average molecular weight is 529 g/mol. The van der Waals surface area contributed by atoms with Gasteiger partial charge in [-0.2, -0.15) is 5.10 Å². The zero-order valence-corrected chi connectivity index (χ0v) is 21.5. The first kappa shape index (κ1) is 26.1. The Labute approximate surface area is 197 Å². The van der Waals surface area contributed by atoms with Gasteiger partial charge in [0.15, 0.2) is 17.5 Å². The Balaban J connectivity index is 0.00000450. The number of guanidine groups is 1. The van der Waals surface area contributed by atoms with Crippen molar-refractivity contribution in [3.05, 3.63) is 40.7 Å². The smallest absolute Gasteiger partial charge is 0.191 e. The van der Waals surface area contributed by atoms with Crippen molar-refractivity contribution in [2.75, 3.05) is 27.8 Å². The molecular formula is C22H36IN5O2. The molecule has 2 rings (SSSR count). The minimum atomic E-state index is 0. The van der Waals surface area contributed by atoms with E-state index in [2.05, 4.69) is 47.6 Å². The van der Waals surface area contributed by atoms with Crippen LogP contribution in [0.3, 0.4) is 0 Å². The number of benzene rings is 1. The van der Waals surface area contributed by atoms with Crippen LogP contribution in [0.4, 0.5) is 0 Å². The number of aliphatic imine (C=N–C) groups is 1. The number of aryl methyl sites for hydroxylation is 3. The second kappa shape index (κ2) is 12.7. The molecule has 168 valence electrons. The molecule has 0 spiro atoms. The van der Waals surface area contributed by atoms with Gasteiger partial charge in [-0.05, 0) is 63.3 Å². The van der Waals surface area contributed by atoms with E-state index in [9.17, 15) is 0 Å². The summed E-state index contributed by atoms with van der Waals surface area (Å²) in [5.41, 5.74) is 4.84. The maximum absolute atomic E-state index is 5.37. The summed E-state index contributed by atoms with van der Waals surface area (Å²) in [6.07, 6.45) is 2.86. The zero-order valence-electron chi connectivity index (χ0n) is 19.2. The van der Waals surface area contributed by atoms with Gasteiger partial charge in [0.05, 0.1) is 19.9 Å². The van der Waals surface area contributed by atoms with Crippen molar-refractivity contribution in [3.63, 3.8) is 0 Å². The van der Waals surface area contributed by atoms with Crippen molar-refractivity contribution in [3.8, 4) is 11.5 Å². The highest BCUT2D eigenvalue weighted by molar-refractivity contribution is 14.0. The highest BCUT2D eigenvalue weighted by atomic mass is 127. The maximum atomic E-state index is 5.37. The Morgan fingerprint density at radius 1 is 1.20 bits per heavy atom. The van der Waals surface area contributed by atoms with E-state index in [1.807, 2.05) is 23.9 Å². The molecule has 30 heavy (non-hydrogen) atoms. The molecule has 0 saturated carbocycles. The highest BCUT2D eigenvalue weighted by Crippen LogP contribution is 2.27. The van der Waals surface area contributed by atoms with Gasteiger partial charge in [0.1, 0.15) is 0 Å². The molecule has 0 aliphatic carbocycles. The predicted octanol–water partition coefficient (Wildman–Crippen LogP) is 3.40. The highest BCUT2D eigenvalue weighted by Gasteiger charge is 2.14. The molecule has 1 aromatic carbocycles. The van der Waals surface area contributed by atoms with Crippen LogP contribution < -0.4 is 20.1 Å². The molecule has 1 aromatic heterocycles. The first-order valence-corrected chi connectivity index (χ1v) is 10.1. The molecule has 2 N–H and O–H groups in total. The number of aromatic nitrogens is 2. The van der Waals surface area contributed by atoms with Crippen LogP contribution in [0.1, 0.15) is 35.9 Å². The third kappa shape index (κ3) is 7.07. The number of nitrogens with zero attached hydrogens (tertiary/aromatic N) is 3. The standard InChI is InChI=1S/C22H35N5O2.HI/c1-15(13-19-16(2)26-27(5)17(19)3)25-22(23-4)24-12-8-9-18-10-11-20(28-6)21(14-18)29-7;/h10-11,14-15H,8-9,12-13H2,1-7H3,(H2,23,24,25);1H. The van der Waals surface area contributed by atoms with Crippen LogP contribution in [0, 0.1) is 13.8 Å². The summed E-state index contributed by atoms with van der Waals surface area (Å²) in [4.78, 5) is 4.35. The molecule has 0 aliphatic heterocycles. The van der Waals surface area contributed by atoms with E-state index in [0.717, 1.165) is 49.0 Å². The number of rotatable bonds is 9. The summed E-state index contributed by atoms with van der Waals surface area (Å²) in [5, 5.41) is 11.4. The SMILES string of the molecule is CN=C(NCCCc1ccc(OC)c(OC)c1)NC(C)Cc1c(C)nn(C)c1C.I. The van der Waals surface area contributed by atoms with Crippen LogP contribution in [0.2, 0.25) is 0 Å². The molecule has 0 aliphatic rings. The predicted molar refractivity (Wildman–Crippen MR) is 134 cm³/mol. The molecule has 0 fully saturated rings. The minimum Gasteiger partial charge on any atom is -0.493 e. The molecule has 7 nitrogen and oxygen atoms in total. The Morgan fingerprint density at radius 3 is 2.47 bits per heavy atom. The Morgan fingerprint density at radius 2 is 1.90 bits per heavy atom. The molecular weight excluding hydrogens is 493 g/mol. The van der Waals surface area contributed by atoms with Crippen LogP contribution in [0.25, 0.3) is 0 Å². The number of nitrogens with one attached hydrogen (secondary N) is 2. The van der Waals surface area contributed by atoms with Crippen LogP contribution in [-0.4, -0.2) is 49.6 Å². The minimum absolute atomic E-state index is 0. The Bertz CT molecular complexity index is 835.